The van der Waals surface area contributed by atoms with Gasteiger partial charge in [0, 0.05) is 23.1 Å². The number of rotatable bonds is 4. The summed E-state index contributed by atoms with van der Waals surface area (Å²) in [5.41, 5.74) is 1.55. The fourth-order valence-electron chi connectivity index (χ4n) is 2.80. The summed E-state index contributed by atoms with van der Waals surface area (Å²) in [6, 6.07) is 8.56. The maximum absolute atomic E-state index is 6.06. The van der Waals surface area contributed by atoms with Crippen LogP contribution in [0, 0.1) is 0 Å². The molecule has 0 amide bonds. The summed E-state index contributed by atoms with van der Waals surface area (Å²) in [4.78, 5) is 2.41. The van der Waals surface area contributed by atoms with Crippen LogP contribution in [0.15, 0.2) is 24.3 Å². The molecule has 18 heavy (non-hydrogen) atoms. The van der Waals surface area contributed by atoms with Crippen LogP contribution < -0.4 is 5.32 Å². The number of nitrogens with one attached hydrogen (secondary N) is 1. The molecule has 0 radical (unpaired) electrons. The number of hydrogen-bond donors (Lipinski definition) is 1. The van der Waals surface area contributed by atoms with Crippen molar-refractivity contribution in [3.8, 4) is 0 Å². The molecule has 0 bridgehead atoms. The third-order valence-corrected chi connectivity index (χ3v) is 4.28. The average molecular weight is 267 g/mol. The molecule has 1 aliphatic heterocycles. The van der Waals surface area contributed by atoms with Gasteiger partial charge in [-0.05, 0) is 58.0 Å². The average Bonchev–Trinajstić information content (AvgIpc) is 2.74. The van der Waals surface area contributed by atoms with E-state index in [9.17, 15) is 0 Å². The molecular weight excluding hydrogens is 244 g/mol. The minimum atomic E-state index is 0.265. The van der Waals surface area contributed by atoms with Crippen LogP contribution >= 0.6 is 11.6 Å². The van der Waals surface area contributed by atoms with Gasteiger partial charge in [-0.25, -0.2) is 0 Å². The number of halogens is 1. The van der Waals surface area contributed by atoms with Gasteiger partial charge in [0.2, 0.25) is 0 Å². The predicted molar refractivity (Wildman–Crippen MR) is 78.1 cm³/mol. The summed E-state index contributed by atoms with van der Waals surface area (Å²) in [7, 11) is 2.19. The topological polar surface area (TPSA) is 15.3 Å². The highest BCUT2D eigenvalue weighted by Crippen LogP contribution is 2.26. The van der Waals surface area contributed by atoms with Gasteiger partial charge in [0.1, 0.15) is 0 Å². The summed E-state index contributed by atoms with van der Waals surface area (Å²) in [5.74, 6) is 0. The molecule has 0 aromatic heterocycles. The van der Waals surface area contributed by atoms with Crippen molar-refractivity contribution in [2.45, 2.75) is 38.3 Å². The molecule has 2 rings (SSSR count). The van der Waals surface area contributed by atoms with Gasteiger partial charge < -0.3 is 5.32 Å². The summed E-state index contributed by atoms with van der Waals surface area (Å²) in [6.07, 6.45) is 2.55. The van der Waals surface area contributed by atoms with E-state index < -0.39 is 0 Å². The second kappa shape index (κ2) is 5.60. The highest BCUT2D eigenvalue weighted by Gasteiger charge is 2.30. The molecule has 0 saturated carbocycles. The predicted octanol–water partition coefficient (Wildman–Crippen LogP) is 3.47. The Bertz CT molecular complexity index is 399. The Kier molecular flexibility index (Phi) is 4.31. The largest absolute Gasteiger partial charge is 0.310 e. The molecule has 3 heteroatoms. The zero-order valence-electron chi connectivity index (χ0n) is 11.5. The fraction of sp³-hybridized carbons (Fsp3) is 0.600. The van der Waals surface area contributed by atoms with Crippen LogP contribution in [0.25, 0.3) is 0 Å². The van der Waals surface area contributed by atoms with Crippen molar-refractivity contribution in [3.63, 3.8) is 0 Å². The van der Waals surface area contributed by atoms with E-state index in [-0.39, 0.29) is 5.54 Å². The van der Waals surface area contributed by atoms with Crippen LogP contribution in [0.3, 0.4) is 0 Å². The lowest BCUT2D eigenvalue weighted by molar-refractivity contribution is 0.194. The molecule has 1 heterocycles. The minimum Gasteiger partial charge on any atom is -0.310 e. The summed E-state index contributed by atoms with van der Waals surface area (Å²) >= 11 is 6.06. The number of benzene rings is 1. The molecule has 1 aromatic carbocycles. The van der Waals surface area contributed by atoms with Crippen LogP contribution in [-0.4, -0.2) is 30.6 Å². The van der Waals surface area contributed by atoms with Crippen LogP contribution in [0.2, 0.25) is 5.02 Å². The van der Waals surface area contributed by atoms with Gasteiger partial charge in [0.05, 0.1) is 0 Å². The Morgan fingerprint density at radius 1 is 1.50 bits per heavy atom. The zero-order valence-corrected chi connectivity index (χ0v) is 12.3. The molecule has 2 unspecified atom stereocenters. The van der Waals surface area contributed by atoms with Gasteiger partial charge in [-0.1, -0.05) is 23.7 Å². The first-order valence-electron chi connectivity index (χ1n) is 6.71. The van der Waals surface area contributed by atoms with Gasteiger partial charge >= 0.3 is 0 Å². The van der Waals surface area contributed by atoms with Gasteiger partial charge in [-0.15, -0.1) is 0 Å². The Hall–Kier alpha value is -0.570. The molecule has 1 aromatic rings. The van der Waals surface area contributed by atoms with E-state index in [0.717, 1.165) is 18.1 Å². The molecule has 0 spiro atoms. The van der Waals surface area contributed by atoms with E-state index >= 15 is 0 Å². The van der Waals surface area contributed by atoms with E-state index in [1.807, 2.05) is 12.1 Å². The van der Waals surface area contributed by atoms with Crippen molar-refractivity contribution < 1.29 is 0 Å². The van der Waals surface area contributed by atoms with Gasteiger partial charge in [0.15, 0.2) is 0 Å². The molecule has 2 atom stereocenters. The highest BCUT2D eigenvalue weighted by atomic mass is 35.5. The molecule has 1 fully saturated rings. The lowest BCUT2D eigenvalue weighted by Gasteiger charge is -2.34. The van der Waals surface area contributed by atoms with Crippen molar-refractivity contribution in [2.24, 2.45) is 0 Å². The molecule has 1 saturated heterocycles. The van der Waals surface area contributed by atoms with Crippen LogP contribution in [0.5, 0.6) is 0 Å². The van der Waals surface area contributed by atoms with Gasteiger partial charge in [-0.2, -0.15) is 0 Å². The summed E-state index contributed by atoms with van der Waals surface area (Å²) in [6.45, 7) is 6.78. The monoisotopic (exact) mass is 266 g/mol. The maximum atomic E-state index is 6.06. The fourth-order valence-corrected chi connectivity index (χ4v) is 3.00. The van der Waals surface area contributed by atoms with E-state index in [1.54, 1.807) is 0 Å². The third-order valence-electron chi connectivity index (χ3n) is 4.05. The quantitative estimate of drug-likeness (QED) is 0.898. The normalized spacial score (nSPS) is 25.6. The van der Waals surface area contributed by atoms with Crippen LogP contribution in [0.1, 0.15) is 38.3 Å². The van der Waals surface area contributed by atoms with E-state index in [4.69, 9.17) is 11.6 Å². The van der Waals surface area contributed by atoms with Crippen molar-refractivity contribution >= 4 is 11.6 Å². The Labute approximate surface area is 115 Å². The first-order valence-corrected chi connectivity index (χ1v) is 7.09. The Balaban J connectivity index is 2.02. The van der Waals surface area contributed by atoms with Crippen molar-refractivity contribution in [1.29, 1.82) is 0 Å². The van der Waals surface area contributed by atoms with Crippen LogP contribution in [-0.2, 0) is 0 Å². The van der Waals surface area contributed by atoms with E-state index in [0.29, 0.717) is 6.04 Å². The van der Waals surface area contributed by atoms with Gasteiger partial charge in [-0.3, -0.25) is 4.90 Å². The Morgan fingerprint density at radius 2 is 2.28 bits per heavy atom. The lowest BCUT2D eigenvalue weighted by atomic mass is 9.98. The first-order chi connectivity index (χ1) is 8.50. The van der Waals surface area contributed by atoms with Crippen molar-refractivity contribution in [3.05, 3.63) is 34.9 Å². The zero-order chi connectivity index (χ0) is 13.2. The lowest BCUT2D eigenvalue weighted by Crippen LogP contribution is -2.46. The molecule has 1 N–H and O–H groups in total. The van der Waals surface area contributed by atoms with Crippen molar-refractivity contribution in [2.75, 3.05) is 20.1 Å². The highest BCUT2D eigenvalue weighted by molar-refractivity contribution is 6.30. The minimum absolute atomic E-state index is 0.265. The molecular formula is C15H23ClN2. The summed E-state index contributed by atoms with van der Waals surface area (Å²) < 4.78 is 0. The molecule has 0 aliphatic carbocycles. The molecule has 1 aliphatic rings. The first kappa shape index (κ1) is 13.9. The SMILES string of the molecule is CC(c1cccc(Cl)c1)N(C)CC1(C)CCCN1. The number of likely N-dealkylation sites (N-methyl/N-ethyl adjacent to an activating group) is 1. The second-order valence-corrected chi connectivity index (χ2v) is 6.17. The number of hydrogen-bond acceptors (Lipinski definition) is 2. The standard InChI is InChI=1S/C15H23ClN2/c1-12(13-6-4-7-14(16)10-13)18(3)11-15(2)8-5-9-17-15/h4,6-7,10,12,17H,5,8-9,11H2,1-3H3. The maximum Gasteiger partial charge on any atom is 0.0409 e. The molecule has 2 nitrogen and oxygen atoms in total. The smallest absolute Gasteiger partial charge is 0.0409 e. The van der Waals surface area contributed by atoms with Crippen LogP contribution in [0.4, 0.5) is 0 Å². The summed E-state index contributed by atoms with van der Waals surface area (Å²) in [5, 5.41) is 4.43. The Morgan fingerprint density at radius 3 is 2.89 bits per heavy atom. The number of nitrogens with zero attached hydrogens (tertiary/aromatic N) is 1. The second-order valence-electron chi connectivity index (χ2n) is 5.74. The third kappa shape index (κ3) is 3.25. The van der Waals surface area contributed by atoms with Gasteiger partial charge in [0.25, 0.3) is 0 Å². The van der Waals surface area contributed by atoms with E-state index in [2.05, 4.69) is 43.2 Å². The van der Waals surface area contributed by atoms with Crippen molar-refractivity contribution in [1.82, 2.24) is 10.2 Å². The van der Waals surface area contributed by atoms with E-state index in [1.165, 1.54) is 18.4 Å². The molecule has 100 valence electrons.